The predicted molar refractivity (Wildman–Crippen MR) is 106 cm³/mol. The topological polar surface area (TPSA) is 35.0 Å². The fraction of sp³-hybridized carbons (Fsp3) is 0.300. The number of benzene rings is 1. The van der Waals surface area contributed by atoms with Crippen LogP contribution in [0.25, 0.3) is 21.6 Å². The highest BCUT2D eigenvalue weighted by atomic mass is 32.2. The summed E-state index contributed by atoms with van der Waals surface area (Å²) in [7, 11) is 0. The Morgan fingerprint density at radius 2 is 2.08 bits per heavy atom. The monoisotopic (exact) mass is 368 g/mol. The molecule has 1 aliphatic rings. The van der Waals surface area contributed by atoms with Crippen molar-refractivity contribution in [2.45, 2.75) is 37.5 Å². The van der Waals surface area contributed by atoms with E-state index in [9.17, 15) is 0 Å². The summed E-state index contributed by atoms with van der Waals surface area (Å²) in [6.07, 6.45) is 2.82. The molecule has 3 heterocycles. The summed E-state index contributed by atoms with van der Waals surface area (Å²) in [5.74, 6) is 1.63. The van der Waals surface area contributed by atoms with E-state index in [-0.39, 0.29) is 5.60 Å². The highest BCUT2D eigenvalue weighted by Crippen LogP contribution is 2.42. The molecular formula is C20H20N2OS2. The van der Waals surface area contributed by atoms with Crippen molar-refractivity contribution >= 4 is 33.3 Å². The molecule has 0 aliphatic carbocycles. The molecule has 0 bridgehead atoms. The molecule has 0 N–H and O–H groups in total. The molecule has 0 saturated heterocycles. The molecule has 1 aliphatic heterocycles. The van der Waals surface area contributed by atoms with Gasteiger partial charge in [-0.1, -0.05) is 36.4 Å². The number of aromatic nitrogens is 2. The lowest BCUT2D eigenvalue weighted by Crippen LogP contribution is -2.31. The van der Waals surface area contributed by atoms with E-state index in [1.54, 1.807) is 23.1 Å². The quantitative estimate of drug-likeness (QED) is 0.347. The largest absolute Gasteiger partial charge is 0.370 e. The van der Waals surface area contributed by atoms with Crippen molar-refractivity contribution in [3.63, 3.8) is 0 Å². The molecule has 0 spiro atoms. The Morgan fingerprint density at radius 1 is 1.28 bits per heavy atom. The molecule has 0 unspecified atom stereocenters. The average molecular weight is 369 g/mol. The number of ether oxygens (including phenoxy) is 1. The van der Waals surface area contributed by atoms with Crippen LogP contribution in [0, 0.1) is 0 Å². The van der Waals surface area contributed by atoms with Crippen LogP contribution in [-0.4, -0.2) is 21.3 Å². The maximum absolute atomic E-state index is 6.00. The fourth-order valence-electron chi connectivity index (χ4n) is 3.07. The third kappa shape index (κ3) is 3.24. The van der Waals surface area contributed by atoms with Crippen molar-refractivity contribution < 1.29 is 4.74 Å². The Kier molecular flexibility index (Phi) is 4.40. The summed E-state index contributed by atoms with van der Waals surface area (Å²) in [5, 5.41) is 2.27. The van der Waals surface area contributed by atoms with Crippen molar-refractivity contribution in [3.8, 4) is 11.4 Å². The van der Waals surface area contributed by atoms with E-state index in [0.717, 1.165) is 33.4 Å². The summed E-state index contributed by atoms with van der Waals surface area (Å²) >= 11 is 3.47. The number of thioether (sulfide) groups is 1. The second-order valence-electron chi connectivity index (χ2n) is 6.73. The second kappa shape index (κ2) is 6.56. The average Bonchev–Trinajstić information content (AvgIpc) is 2.97. The zero-order valence-corrected chi connectivity index (χ0v) is 16.0. The van der Waals surface area contributed by atoms with Gasteiger partial charge in [0, 0.05) is 28.0 Å². The molecule has 0 fully saturated rings. The Bertz CT molecular complexity index is 932. The number of nitrogens with zero attached hydrogens (tertiary/aromatic N) is 2. The Morgan fingerprint density at radius 3 is 2.84 bits per heavy atom. The Balaban J connectivity index is 1.91. The van der Waals surface area contributed by atoms with Crippen LogP contribution >= 0.6 is 23.1 Å². The Labute approximate surface area is 156 Å². The molecule has 3 aromatic rings. The van der Waals surface area contributed by atoms with Crippen molar-refractivity contribution in [1.82, 2.24) is 9.97 Å². The van der Waals surface area contributed by atoms with Crippen molar-refractivity contribution in [2.75, 3.05) is 5.75 Å². The van der Waals surface area contributed by atoms with Crippen LogP contribution in [0.2, 0.25) is 0 Å². The van der Waals surface area contributed by atoms with E-state index in [0.29, 0.717) is 6.61 Å². The lowest BCUT2D eigenvalue weighted by atomic mass is 9.94. The standard InChI is InChI=1S/C20H20N2OS2/c1-4-10-24-18-16-14-11-20(2,3)23-12-15(14)25-19(16)22-17(21-18)13-8-6-5-7-9-13/h4-9H,1,10-12H2,2-3H3. The number of rotatable bonds is 4. The van der Waals surface area contributed by atoms with E-state index < -0.39 is 0 Å². The lowest BCUT2D eigenvalue weighted by Gasteiger charge is -2.30. The van der Waals surface area contributed by atoms with Crippen LogP contribution in [0.4, 0.5) is 0 Å². The highest BCUT2D eigenvalue weighted by molar-refractivity contribution is 7.99. The number of fused-ring (bicyclic) bond motifs is 3. The normalized spacial score (nSPS) is 15.9. The van der Waals surface area contributed by atoms with E-state index in [1.165, 1.54) is 15.8 Å². The van der Waals surface area contributed by atoms with Crippen LogP contribution in [0.15, 0.2) is 48.0 Å². The van der Waals surface area contributed by atoms with Gasteiger partial charge in [0.15, 0.2) is 5.82 Å². The van der Waals surface area contributed by atoms with Gasteiger partial charge in [-0.3, -0.25) is 0 Å². The van der Waals surface area contributed by atoms with Gasteiger partial charge in [0.25, 0.3) is 0 Å². The highest BCUT2D eigenvalue weighted by Gasteiger charge is 2.31. The Hall–Kier alpha value is -1.69. The van der Waals surface area contributed by atoms with Crippen molar-refractivity contribution in [1.29, 1.82) is 0 Å². The van der Waals surface area contributed by atoms with Crippen LogP contribution in [-0.2, 0) is 17.8 Å². The summed E-state index contributed by atoms with van der Waals surface area (Å²) < 4.78 is 6.00. The smallest absolute Gasteiger partial charge is 0.162 e. The molecular weight excluding hydrogens is 348 g/mol. The molecule has 0 atom stereocenters. The van der Waals surface area contributed by atoms with Crippen LogP contribution in [0.1, 0.15) is 24.3 Å². The summed E-state index contributed by atoms with van der Waals surface area (Å²) in [5.41, 5.74) is 2.27. The van der Waals surface area contributed by atoms with Crippen molar-refractivity contribution in [2.24, 2.45) is 0 Å². The van der Waals surface area contributed by atoms with Gasteiger partial charge in [0.2, 0.25) is 0 Å². The number of thiophene rings is 1. The summed E-state index contributed by atoms with van der Waals surface area (Å²) in [6, 6.07) is 10.2. The third-order valence-electron chi connectivity index (χ3n) is 4.27. The molecule has 5 heteroatoms. The van der Waals surface area contributed by atoms with E-state index in [4.69, 9.17) is 14.7 Å². The molecule has 3 nitrogen and oxygen atoms in total. The predicted octanol–water partition coefficient (Wildman–Crippen LogP) is 5.49. The molecule has 4 rings (SSSR count). The van der Waals surface area contributed by atoms with Gasteiger partial charge in [0.05, 0.1) is 12.2 Å². The minimum Gasteiger partial charge on any atom is -0.370 e. The lowest BCUT2D eigenvalue weighted by molar-refractivity contribution is -0.0379. The van der Waals surface area contributed by atoms with Gasteiger partial charge >= 0.3 is 0 Å². The minimum atomic E-state index is -0.139. The fourth-order valence-corrected chi connectivity index (χ4v) is 5.03. The number of hydrogen-bond acceptors (Lipinski definition) is 5. The van der Waals surface area contributed by atoms with Crippen LogP contribution in [0.3, 0.4) is 0 Å². The van der Waals surface area contributed by atoms with E-state index in [2.05, 4.69) is 32.6 Å². The zero-order chi connectivity index (χ0) is 17.4. The minimum absolute atomic E-state index is 0.139. The van der Waals surface area contributed by atoms with Gasteiger partial charge in [-0.25, -0.2) is 9.97 Å². The first-order chi connectivity index (χ1) is 12.1. The second-order valence-corrected chi connectivity index (χ2v) is 8.82. The SMILES string of the molecule is C=CCSc1nc(-c2ccccc2)nc2sc3c(c12)CC(C)(C)OC3. The summed E-state index contributed by atoms with van der Waals surface area (Å²) in [6.45, 7) is 8.81. The van der Waals surface area contributed by atoms with Gasteiger partial charge in [-0.15, -0.1) is 29.7 Å². The molecule has 1 aromatic carbocycles. The van der Waals surface area contributed by atoms with E-state index >= 15 is 0 Å². The van der Waals surface area contributed by atoms with Gasteiger partial charge in [0.1, 0.15) is 9.86 Å². The molecule has 0 amide bonds. The molecule has 2 aromatic heterocycles. The molecule has 0 radical (unpaired) electrons. The molecule has 25 heavy (non-hydrogen) atoms. The first kappa shape index (κ1) is 16.8. The maximum Gasteiger partial charge on any atom is 0.162 e. The zero-order valence-electron chi connectivity index (χ0n) is 14.4. The van der Waals surface area contributed by atoms with Gasteiger partial charge < -0.3 is 4.74 Å². The van der Waals surface area contributed by atoms with Gasteiger partial charge in [-0.05, 0) is 19.4 Å². The molecule has 0 saturated carbocycles. The van der Waals surface area contributed by atoms with Gasteiger partial charge in [-0.2, -0.15) is 0 Å². The maximum atomic E-state index is 6.00. The van der Waals surface area contributed by atoms with E-state index in [1.807, 2.05) is 24.3 Å². The first-order valence-corrected chi connectivity index (χ1v) is 10.1. The number of hydrogen-bond donors (Lipinski definition) is 0. The van der Waals surface area contributed by atoms with Crippen LogP contribution < -0.4 is 0 Å². The van der Waals surface area contributed by atoms with Crippen LogP contribution in [0.5, 0.6) is 0 Å². The molecule has 128 valence electrons. The first-order valence-electron chi connectivity index (χ1n) is 8.33. The third-order valence-corrected chi connectivity index (χ3v) is 6.34. The summed E-state index contributed by atoms with van der Waals surface area (Å²) in [4.78, 5) is 12.1. The van der Waals surface area contributed by atoms with Crippen molar-refractivity contribution in [3.05, 3.63) is 53.4 Å².